The molecule has 1 heterocycles. The Kier molecular flexibility index (Phi) is 6.54. The van der Waals surface area contributed by atoms with Crippen molar-refractivity contribution in [1.29, 1.82) is 0 Å². The first-order chi connectivity index (χ1) is 15.1. The Hall–Kier alpha value is -2.89. The molecule has 0 saturated heterocycles. The predicted molar refractivity (Wildman–Crippen MR) is 122 cm³/mol. The van der Waals surface area contributed by atoms with E-state index in [1.165, 1.54) is 5.56 Å². The second kappa shape index (κ2) is 9.50. The van der Waals surface area contributed by atoms with Crippen molar-refractivity contribution in [3.8, 4) is 23.0 Å². The Labute approximate surface area is 187 Å². The molecule has 0 aliphatic carbocycles. The lowest BCUT2D eigenvalue weighted by molar-refractivity contribution is 0.283. The molecule has 1 unspecified atom stereocenters. The van der Waals surface area contributed by atoms with Gasteiger partial charge in [0.25, 0.3) is 0 Å². The van der Waals surface area contributed by atoms with Gasteiger partial charge < -0.3 is 24.3 Å². The van der Waals surface area contributed by atoms with Gasteiger partial charge in [0, 0.05) is 18.2 Å². The van der Waals surface area contributed by atoms with Gasteiger partial charge in [-0.15, -0.1) is 0 Å². The highest BCUT2D eigenvalue weighted by atomic mass is 35.5. The highest BCUT2D eigenvalue weighted by Gasteiger charge is 2.27. The molecule has 162 valence electrons. The summed E-state index contributed by atoms with van der Waals surface area (Å²) in [6.45, 7) is 1.30. The Morgan fingerprint density at radius 1 is 0.839 bits per heavy atom. The van der Waals surface area contributed by atoms with Gasteiger partial charge in [-0.3, -0.25) is 0 Å². The Morgan fingerprint density at radius 3 is 2.29 bits per heavy atom. The lowest BCUT2D eigenvalue weighted by atomic mass is 9.89. The maximum Gasteiger partial charge on any atom is 0.162 e. The molecule has 1 atom stereocenters. The molecule has 0 fully saturated rings. The van der Waals surface area contributed by atoms with Crippen LogP contribution in [-0.4, -0.2) is 27.9 Å². The van der Waals surface area contributed by atoms with Crippen molar-refractivity contribution in [2.75, 3.05) is 27.9 Å². The lowest BCUT2D eigenvalue weighted by Gasteiger charge is -2.30. The van der Waals surface area contributed by atoms with Crippen LogP contribution in [0.1, 0.15) is 28.3 Å². The fourth-order valence-corrected chi connectivity index (χ4v) is 4.21. The smallest absolute Gasteiger partial charge is 0.162 e. The number of methoxy groups -OCH3 is 3. The number of hydrogen-bond acceptors (Lipinski definition) is 5. The average Bonchev–Trinajstić information content (AvgIpc) is 2.82. The Morgan fingerprint density at radius 2 is 1.58 bits per heavy atom. The molecule has 4 rings (SSSR count). The molecule has 1 N–H and O–H groups in total. The fourth-order valence-electron chi connectivity index (χ4n) is 3.96. The van der Waals surface area contributed by atoms with Crippen molar-refractivity contribution < 1.29 is 18.9 Å². The third kappa shape index (κ3) is 4.43. The van der Waals surface area contributed by atoms with E-state index >= 15 is 0 Å². The summed E-state index contributed by atoms with van der Waals surface area (Å²) in [4.78, 5) is 0. The molecule has 0 radical (unpaired) electrons. The van der Waals surface area contributed by atoms with Gasteiger partial charge in [-0.25, -0.2) is 0 Å². The topological polar surface area (TPSA) is 49.0 Å². The van der Waals surface area contributed by atoms with E-state index in [0.717, 1.165) is 35.4 Å². The first kappa shape index (κ1) is 21.3. The molecule has 3 aromatic carbocycles. The normalized spacial score (nSPS) is 15.2. The zero-order chi connectivity index (χ0) is 21.8. The summed E-state index contributed by atoms with van der Waals surface area (Å²) < 4.78 is 22.8. The molecule has 0 saturated carbocycles. The number of halogens is 1. The van der Waals surface area contributed by atoms with E-state index in [0.29, 0.717) is 28.9 Å². The van der Waals surface area contributed by atoms with Gasteiger partial charge in [0.2, 0.25) is 0 Å². The van der Waals surface area contributed by atoms with Crippen LogP contribution < -0.4 is 24.3 Å². The van der Waals surface area contributed by atoms with Crippen LogP contribution in [-0.2, 0) is 13.0 Å². The third-order valence-corrected chi connectivity index (χ3v) is 5.83. The molecule has 1 aliphatic heterocycles. The van der Waals surface area contributed by atoms with Gasteiger partial charge in [-0.2, -0.15) is 0 Å². The van der Waals surface area contributed by atoms with Crippen LogP contribution in [0.5, 0.6) is 23.0 Å². The predicted octanol–water partition coefficient (Wildman–Crippen LogP) is 5.18. The number of nitrogens with one attached hydrogen (secondary N) is 1. The monoisotopic (exact) mass is 439 g/mol. The first-order valence-electron chi connectivity index (χ1n) is 10.2. The molecule has 5 nitrogen and oxygen atoms in total. The average molecular weight is 440 g/mol. The van der Waals surface area contributed by atoms with Crippen molar-refractivity contribution >= 4 is 11.6 Å². The molecule has 0 spiro atoms. The van der Waals surface area contributed by atoms with Crippen LogP contribution in [0.4, 0.5) is 0 Å². The van der Waals surface area contributed by atoms with Crippen molar-refractivity contribution in [2.24, 2.45) is 0 Å². The molecule has 3 aromatic rings. The zero-order valence-electron chi connectivity index (χ0n) is 17.9. The number of hydrogen-bond donors (Lipinski definition) is 1. The number of fused-ring (bicyclic) bond motifs is 1. The zero-order valence-corrected chi connectivity index (χ0v) is 18.7. The van der Waals surface area contributed by atoms with E-state index in [1.807, 2.05) is 42.5 Å². The van der Waals surface area contributed by atoms with Crippen LogP contribution in [0.3, 0.4) is 0 Å². The lowest BCUT2D eigenvalue weighted by Crippen LogP contribution is -2.31. The quantitative estimate of drug-likeness (QED) is 0.549. The molecular weight excluding hydrogens is 414 g/mol. The van der Waals surface area contributed by atoms with Gasteiger partial charge in [0.15, 0.2) is 11.5 Å². The van der Waals surface area contributed by atoms with Crippen molar-refractivity contribution in [1.82, 2.24) is 5.32 Å². The summed E-state index contributed by atoms with van der Waals surface area (Å²) in [5.41, 5.74) is 4.38. The second-order valence-corrected chi connectivity index (χ2v) is 7.75. The minimum atomic E-state index is -0.0907. The largest absolute Gasteiger partial charge is 0.496 e. The van der Waals surface area contributed by atoms with E-state index in [9.17, 15) is 0 Å². The molecule has 31 heavy (non-hydrogen) atoms. The van der Waals surface area contributed by atoms with Crippen LogP contribution >= 0.6 is 11.6 Å². The molecule has 6 heteroatoms. The van der Waals surface area contributed by atoms with Crippen molar-refractivity contribution in [2.45, 2.75) is 19.1 Å². The molecule has 0 aromatic heterocycles. The maximum atomic E-state index is 6.45. The molecule has 0 amide bonds. The standard InChI is InChI=1S/C25H26ClNO4/c1-28-21-14-22(29-2)20(26)12-19(21)25-18-13-24(31-15-16-7-5-4-6-8-16)23(30-3)11-17(18)9-10-27-25/h4-8,11-14,25,27H,9-10,15H2,1-3H3. The highest BCUT2D eigenvalue weighted by Crippen LogP contribution is 2.42. The molecule has 1 aliphatic rings. The van der Waals surface area contributed by atoms with Crippen LogP contribution in [0.25, 0.3) is 0 Å². The van der Waals surface area contributed by atoms with Gasteiger partial charge in [-0.1, -0.05) is 41.9 Å². The van der Waals surface area contributed by atoms with Gasteiger partial charge in [0.05, 0.1) is 32.4 Å². The van der Waals surface area contributed by atoms with E-state index < -0.39 is 0 Å². The Balaban J connectivity index is 1.73. The van der Waals surface area contributed by atoms with Crippen LogP contribution in [0.15, 0.2) is 54.6 Å². The maximum absolute atomic E-state index is 6.45. The van der Waals surface area contributed by atoms with E-state index in [2.05, 4.69) is 17.4 Å². The fraction of sp³-hybridized carbons (Fsp3) is 0.280. The van der Waals surface area contributed by atoms with E-state index in [4.69, 9.17) is 30.5 Å². The van der Waals surface area contributed by atoms with Crippen LogP contribution in [0, 0.1) is 0 Å². The molecule has 0 bridgehead atoms. The first-order valence-corrected chi connectivity index (χ1v) is 10.5. The summed E-state index contributed by atoms with van der Waals surface area (Å²) in [7, 11) is 4.91. The van der Waals surface area contributed by atoms with Gasteiger partial charge >= 0.3 is 0 Å². The van der Waals surface area contributed by atoms with E-state index in [1.54, 1.807) is 21.3 Å². The minimum Gasteiger partial charge on any atom is -0.496 e. The van der Waals surface area contributed by atoms with Gasteiger partial charge in [-0.05, 0) is 41.3 Å². The Bertz CT molecular complexity index is 1060. The second-order valence-electron chi connectivity index (χ2n) is 7.34. The summed E-state index contributed by atoms with van der Waals surface area (Å²) in [6, 6.07) is 17.8. The summed E-state index contributed by atoms with van der Waals surface area (Å²) in [5, 5.41) is 4.14. The summed E-state index contributed by atoms with van der Waals surface area (Å²) in [5.74, 6) is 2.74. The molecular formula is C25H26ClNO4. The number of benzene rings is 3. The van der Waals surface area contributed by atoms with Crippen molar-refractivity contribution in [3.05, 3.63) is 81.9 Å². The highest BCUT2D eigenvalue weighted by molar-refractivity contribution is 6.32. The third-order valence-electron chi connectivity index (χ3n) is 5.53. The van der Waals surface area contributed by atoms with Crippen molar-refractivity contribution in [3.63, 3.8) is 0 Å². The summed E-state index contributed by atoms with van der Waals surface area (Å²) >= 11 is 6.45. The number of ether oxygens (including phenoxy) is 4. The van der Waals surface area contributed by atoms with Gasteiger partial charge in [0.1, 0.15) is 18.1 Å². The minimum absolute atomic E-state index is 0.0907. The summed E-state index contributed by atoms with van der Waals surface area (Å²) in [6.07, 6.45) is 0.896. The van der Waals surface area contributed by atoms with E-state index in [-0.39, 0.29) is 6.04 Å². The number of rotatable bonds is 7. The SMILES string of the molecule is COc1cc(OC)c(C2NCCc3cc(OC)c(OCc4ccccc4)cc32)cc1Cl. The van der Waals surface area contributed by atoms with Crippen LogP contribution in [0.2, 0.25) is 5.02 Å².